The third-order valence-electron chi connectivity index (χ3n) is 2.73. The van der Waals surface area contributed by atoms with E-state index in [1.165, 1.54) is 4.90 Å². The van der Waals surface area contributed by atoms with Crippen molar-refractivity contribution < 1.29 is 4.74 Å². The fourth-order valence-corrected chi connectivity index (χ4v) is 2.07. The molecule has 0 aliphatic carbocycles. The van der Waals surface area contributed by atoms with Crippen molar-refractivity contribution in [2.45, 2.75) is 13.8 Å². The van der Waals surface area contributed by atoms with Crippen LogP contribution in [0.4, 0.5) is 5.95 Å². The molecule has 2 aromatic rings. The molecule has 0 radical (unpaired) electrons. The molecule has 108 valence electrons. The zero-order chi connectivity index (χ0) is 15.2. The number of aromatic nitrogens is 2. The van der Waals surface area contributed by atoms with Gasteiger partial charge < -0.3 is 4.74 Å². The molecule has 0 fully saturated rings. The van der Waals surface area contributed by atoms with E-state index in [-0.39, 0.29) is 0 Å². The molecular weight excluding hydrogens is 332 g/mol. The van der Waals surface area contributed by atoms with Crippen molar-refractivity contribution in [3.05, 3.63) is 46.2 Å². The van der Waals surface area contributed by atoms with E-state index in [4.69, 9.17) is 4.74 Å². The SMILES string of the molecule is Cc1cc(C)nc(N(C#N)CCOc2ccc(Br)cc2)n1. The van der Waals surface area contributed by atoms with Crippen molar-refractivity contribution >= 4 is 21.9 Å². The van der Waals surface area contributed by atoms with Crippen LogP contribution in [-0.4, -0.2) is 23.1 Å². The first-order chi connectivity index (χ1) is 10.1. The molecule has 0 aliphatic heterocycles. The van der Waals surface area contributed by atoms with Crippen LogP contribution < -0.4 is 9.64 Å². The number of aryl methyl sites for hydroxylation is 2. The zero-order valence-electron chi connectivity index (χ0n) is 11.9. The van der Waals surface area contributed by atoms with Crippen LogP contribution in [0.3, 0.4) is 0 Å². The summed E-state index contributed by atoms with van der Waals surface area (Å²) in [6, 6.07) is 9.43. The lowest BCUT2D eigenvalue weighted by molar-refractivity contribution is 0.327. The van der Waals surface area contributed by atoms with Gasteiger partial charge in [0, 0.05) is 15.9 Å². The highest BCUT2D eigenvalue weighted by Gasteiger charge is 2.10. The summed E-state index contributed by atoms with van der Waals surface area (Å²) in [4.78, 5) is 9.98. The van der Waals surface area contributed by atoms with Gasteiger partial charge in [-0.1, -0.05) is 15.9 Å². The van der Waals surface area contributed by atoms with Gasteiger partial charge in [0.1, 0.15) is 12.4 Å². The Morgan fingerprint density at radius 2 is 1.81 bits per heavy atom. The van der Waals surface area contributed by atoms with Gasteiger partial charge in [-0.3, -0.25) is 0 Å². The molecular formula is C15H15BrN4O. The predicted octanol–water partition coefficient (Wildman–Crippen LogP) is 3.22. The number of ether oxygens (including phenoxy) is 1. The summed E-state index contributed by atoms with van der Waals surface area (Å²) in [7, 11) is 0. The number of anilines is 1. The lowest BCUT2D eigenvalue weighted by atomic mass is 10.3. The molecule has 0 spiro atoms. The zero-order valence-corrected chi connectivity index (χ0v) is 13.5. The van der Waals surface area contributed by atoms with E-state index in [0.29, 0.717) is 19.1 Å². The normalized spacial score (nSPS) is 10.0. The highest BCUT2D eigenvalue weighted by atomic mass is 79.9. The van der Waals surface area contributed by atoms with E-state index in [0.717, 1.165) is 21.6 Å². The quantitative estimate of drug-likeness (QED) is 0.614. The van der Waals surface area contributed by atoms with Gasteiger partial charge >= 0.3 is 0 Å². The van der Waals surface area contributed by atoms with Gasteiger partial charge in [-0.2, -0.15) is 5.26 Å². The summed E-state index contributed by atoms with van der Waals surface area (Å²) in [6.07, 6.45) is 2.09. The summed E-state index contributed by atoms with van der Waals surface area (Å²) in [5.41, 5.74) is 1.68. The fraction of sp³-hybridized carbons (Fsp3) is 0.267. The molecule has 2 rings (SSSR count). The number of hydrogen-bond acceptors (Lipinski definition) is 5. The third-order valence-corrected chi connectivity index (χ3v) is 3.26. The molecule has 0 atom stereocenters. The minimum absolute atomic E-state index is 0.380. The molecule has 0 bridgehead atoms. The summed E-state index contributed by atoms with van der Waals surface area (Å²) in [6.45, 7) is 4.54. The summed E-state index contributed by atoms with van der Waals surface area (Å²) >= 11 is 3.37. The van der Waals surface area contributed by atoms with Crippen molar-refractivity contribution in [1.29, 1.82) is 5.26 Å². The van der Waals surface area contributed by atoms with E-state index in [1.54, 1.807) is 0 Å². The highest BCUT2D eigenvalue weighted by Crippen LogP contribution is 2.16. The molecule has 0 unspecified atom stereocenters. The van der Waals surface area contributed by atoms with Gasteiger partial charge in [-0.05, 0) is 44.2 Å². The van der Waals surface area contributed by atoms with Crippen molar-refractivity contribution in [2.24, 2.45) is 0 Å². The molecule has 0 amide bonds. The van der Waals surface area contributed by atoms with Crippen molar-refractivity contribution in [1.82, 2.24) is 9.97 Å². The van der Waals surface area contributed by atoms with Gasteiger partial charge in [-0.25, -0.2) is 14.9 Å². The van der Waals surface area contributed by atoms with Gasteiger partial charge in [-0.15, -0.1) is 0 Å². The van der Waals surface area contributed by atoms with Crippen LogP contribution >= 0.6 is 15.9 Å². The maximum absolute atomic E-state index is 9.23. The van der Waals surface area contributed by atoms with Crippen LogP contribution in [0.25, 0.3) is 0 Å². The van der Waals surface area contributed by atoms with Gasteiger partial charge in [0.25, 0.3) is 0 Å². The molecule has 0 saturated heterocycles. The Hall–Kier alpha value is -2.13. The molecule has 5 nitrogen and oxygen atoms in total. The van der Waals surface area contributed by atoms with E-state index >= 15 is 0 Å². The van der Waals surface area contributed by atoms with Crippen LogP contribution in [0.1, 0.15) is 11.4 Å². The molecule has 0 aliphatic rings. The van der Waals surface area contributed by atoms with Crippen molar-refractivity contribution in [2.75, 3.05) is 18.1 Å². The minimum atomic E-state index is 0.380. The molecule has 1 aromatic heterocycles. The first kappa shape index (κ1) is 15.3. The number of benzene rings is 1. The Balaban J connectivity index is 1.96. The first-order valence-corrected chi connectivity index (χ1v) is 7.25. The summed E-state index contributed by atoms with van der Waals surface area (Å²) in [5.74, 6) is 1.17. The molecule has 0 N–H and O–H groups in total. The largest absolute Gasteiger partial charge is 0.492 e. The number of rotatable bonds is 5. The second-order valence-electron chi connectivity index (χ2n) is 4.50. The number of nitrogens with zero attached hydrogens (tertiary/aromatic N) is 4. The Bertz CT molecular complexity index is 631. The molecule has 0 saturated carbocycles. The average Bonchev–Trinajstić information content (AvgIpc) is 2.44. The Morgan fingerprint density at radius 3 is 2.38 bits per heavy atom. The lowest BCUT2D eigenvalue weighted by Crippen LogP contribution is -2.25. The van der Waals surface area contributed by atoms with Crippen molar-refractivity contribution in [3.8, 4) is 11.9 Å². The van der Waals surface area contributed by atoms with E-state index in [9.17, 15) is 5.26 Å². The van der Waals surface area contributed by atoms with Crippen LogP contribution in [0, 0.1) is 25.3 Å². The van der Waals surface area contributed by atoms with Crippen LogP contribution in [0.2, 0.25) is 0 Å². The second kappa shape index (κ2) is 7.04. The van der Waals surface area contributed by atoms with E-state index < -0.39 is 0 Å². The standard InChI is InChI=1S/C15H15BrN4O/c1-11-9-12(2)19-15(18-11)20(10-17)7-8-21-14-5-3-13(16)4-6-14/h3-6,9H,7-8H2,1-2H3. The van der Waals surface area contributed by atoms with E-state index in [1.807, 2.05) is 44.2 Å². The maximum Gasteiger partial charge on any atom is 0.239 e. The van der Waals surface area contributed by atoms with Crippen LogP contribution in [0.5, 0.6) is 5.75 Å². The fourth-order valence-electron chi connectivity index (χ4n) is 1.81. The lowest BCUT2D eigenvalue weighted by Gasteiger charge is -2.15. The Labute approximate surface area is 132 Å². The topological polar surface area (TPSA) is 62.0 Å². The molecule has 21 heavy (non-hydrogen) atoms. The summed E-state index contributed by atoms with van der Waals surface area (Å²) < 4.78 is 6.60. The smallest absolute Gasteiger partial charge is 0.239 e. The predicted molar refractivity (Wildman–Crippen MR) is 84.1 cm³/mol. The first-order valence-electron chi connectivity index (χ1n) is 6.46. The number of nitriles is 1. The van der Waals surface area contributed by atoms with Gasteiger partial charge in [0.2, 0.25) is 5.95 Å². The van der Waals surface area contributed by atoms with Crippen LogP contribution in [-0.2, 0) is 0 Å². The highest BCUT2D eigenvalue weighted by molar-refractivity contribution is 9.10. The van der Waals surface area contributed by atoms with Crippen molar-refractivity contribution in [3.63, 3.8) is 0 Å². The minimum Gasteiger partial charge on any atom is -0.492 e. The number of halogens is 1. The molecule has 1 heterocycles. The summed E-state index contributed by atoms with van der Waals surface area (Å²) in [5, 5.41) is 9.23. The Kier molecular flexibility index (Phi) is 5.12. The third kappa shape index (κ3) is 4.43. The van der Waals surface area contributed by atoms with Crippen LogP contribution in [0.15, 0.2) is 34.8 Å². The van der Waals surface area contributed by atoms with Gasteiger partial charge in [0.05, 0.1) is 6.54 Å². The van der Waals surface area contributed by atoms with Gasteiger partial charge in [0.15, 0.2) is 6.19 Å². The maximum atomic E-state index is 9.23. The number of hydrogen-bond donors (Lipinski definition) is 0. The Morgan fingerprint density at radius 1 is 1.19 bits per heavy atom. The molecule has 1 aromatic carbocycles. The second-order valence-corrected chi connectivity index (χ2v) is 5.42. The molecule has 6 heteroatoms. The monoisotopic (exact) mass is 346 g/mol. The van der Waals surface area contributed by atoms with E-state index in [2.05, 4.69) is 32.1 Å². The average molecular weight is 347 g/mol.